The number of alkyl halides is 3. The highest BCUT2D eigenvalue weighted by Gasteiger charge is 2.31. The van der Waals surface area contributed by atoms with Gasteiger partial charge in [-0.2, -0.15) is 13.2 Å². The molecule has 0 atom stereocenters. The molecular formula is C15H29F3IN5O2. The number of halogens is 4. The fraction of sp³-hybridized carbons (Fsp3) is 0.800. The fourth-order valence-electron chi connectivity index (χ4n) is 2.04. The van der Waals surface area contributed by atoms with Crippen LogP contribution >= 0.6 is 24.0 Å². The molecule has 0 aliphatic carbocycles. The van der Waals surface area contributed by atoms with Crippen LogP contribution in [0.25, 0.3) is 0 Å². The van der Waals surface area contributed by atoms with Crippen molar-refractivity contribution in [2.45, 2.75) is 26.9 Å². The molecule has 0 saturated heterocycles. The number of nitrogens with one attached hydrogen (secondary N) is 1. The average molecular weight is 495 g/mol. The largest absolute Gasteiger partial charge is 0.406 e. The summed E-state index contributed by atoms with van der Waals surface area (Å²) < 4.78 is 36.9. The van der Waals surface area contributed by atoms with E-state index in [0.29, 0.717) is 24.5 Å². The zero-order chi connectivity index (χ0) is 19.6. The topological polar surface area (TPSA) is 68.2 Å². The van der Waals surface area contributed by atoms with Crippen LogP contribution < -0.4 is 5.32 Å². The molecule has 0 aliphatic rings. The van der Waals surface area contributed by atoms with Crippen LogP contribution in [0.15, 0.2) is 4.99 Å². The van der Waals surface area contributed by atoms with Crippen molar-refractivity contribution in [2.24, 2.45) is 4.99 Å². The zero-order valence-corrected chi connectivity index (χ0v) is 18.2. The number of likely N-dealkylation sites (N-methyl/N-ethyl adjacent to an activating group) is 3. The highest BCUT2D eigenvalue weighted by atomic mass is 127. The third-order valence-electron chi connectivity index (χ3n) is 3.39. The smallest absolute Gasteiger partial charge is 0.356 e. The van der Waals surface area contributed by atoms with Gasteiger partial charge in [-0.05, 0) is 20.8 Å². The van der Waals surface area contributed by atoms with E-state index in [2.05, 4.69) is 10.3 Å². The maximum absolute atomic E-state index is 12.3. The molecule has 11 heteroatoms. The molecule has 0 unspecified atom stereocenters. The van der Waals surface area contributed by atoms with E-state index in [0.717, 1.165) is 7.05 Å². The van der Waals surface area contributed by atoms with Gasteiger partial charge in [0.05, 0.1) is 6.54 Å². The maximum Gasteiger partial charge on any atom is 0.406 e. The normalized spacial score (nSPS) is 11.5. The monoisotopic (exact) mass is 495 g/mol. The van der Waals surface area contributed by atoms with Gasteiger partial charge in [-0.1, -0.05) is 0 Å². The lowest BCUT2D eigenvalue weighted by molar-refractivity contribution is -0.157. The Morgan fingerprint density at radius 3 is 1.96 bits per heavy atom. The Morgan fingerprint density at radius 2 is 1.54 bits per heavy atom. The molecule has 0 saturated carbocycles. The zero-order valence-electron chi connectivity index (χ0n) is 15.9. The summed E-state index contributed by atoms with van der Waals surface area (Å²) in [5.74, 6) is -0.563. The van der Waals surface area contributed by atoms with Gasteiger partial charge in [0, 0.05) is 33.7 Å². The van der Waals surface area contributed by atoms with Crippen molar-refractivity contribution in [1.82, 2.24) is 20.0 Å². The van der Waals surface area contributed by atoms with E-state index in [1.807, 2.05) is 20.8 Å². The lowest BCUT2D eigenvalue weighted by atomic mass is 10.4. The van der Waals surface area contributed by atoms with Crippen LogP contribution in [0.5, 0.6) is 0 Å². The molecular weight excluding hydrogens is 466 g/mol. The molecule has 0 aromatic carbocycles. The summed E-state index contributed by atoms with van der Waals surface area (Å²) in [6.07, 6.45) is -4.45. The van der Waals surface area contributed by atoms with Crippen LogP contribution in [0.1, 0.15) is 20.8 Å². The summed E-state index contributed by atoms with van der Waals surface area (Å²) in [5.41, 5.74) is 0. The number of hydrogen-bond acceptors (Lipinski definition) is 3. The molecule has 154 valence electrons. The number of guanidine groups is 1. The molecule has 0 bridgehead atoms. The van der Waals surface area contributed by atoms with Crippen LogP contribution in [0.3, 0.4) is 0 Å². The highest BCUT2D eigenvalue weighted by Crippen LogP contribution is 2.15. The van der Waals surface area contributed by atoms with E-state index in [-0.39, 0.29) is 42.4 Å². The fourth-order valence-corrected chi connectivity index (χ4v) is 2.04. The van der Waals surface area contributed by atoms with E-state index in [4.69, 9.17) is 0 Å². The predicted octanol–water partition coefficient (Wildman–Crippen LogP) is 1.39. The summed E-state index contributed by atoms with van der Waals surface area (Å²) in [7, 11) is 2.71. The van der Waals surface area contributed by atoms with Crippen molar-refractivity contribution < 1.29 is 22.8 Å². The first-order valence-corrected chi connectivity index (χ1v) is 8.13. The minimum Gasteiger partial charge on any atom is -0.356 e. The second-order valence-electron chi connectivity index (χ2n) is 5.46. The van der Waals surface area contributed by atoms with E-state index in [9.17, 15) is 22.8 Å². The average Bonchev–Trinajstić information content (AvgIpc) is 2.50. The van der Waals surface area contributed by atoms with E-state index in [1.54, 1.807) is 16.8 Å². The molecule has 0 aliphatic heterocycles. The maximum atomic E-state index is 12.3. The number of carbonyl (C=O) groups is 2. The van der Waals surface area contributed by atoms with Crippen molar-refractivity contribution in [2.75, 3.05) is 53.4 Å². The lowest BCUT2D eigenvalue weighted by Gasteiger charge is -2.26. The first kappa shape index (κ1) is 27.0. The van der Waals surface area contributed by atoms with Gasteiger partial charge in [0.15, 0.2) is 5.96 Å². The second-order valence-corrected chi connectivity index (χ2v) is 5.46. The van der Waals surface area contributed by atoms with E-state index < -0.39 is 25.2 Å². The van der Waals surface area contributed by atoms with Crippen LogP contribution in [0, 0.1) is 0 Å². The Labute approximate surface area is 170 Å². The molecule has 7 nitrogen and oxygen atoms in total. The Bertz CT molecular complexity index is 471. The molecule has 0 fully saturated rings. The molecule has 0 spiro atoms. The highest BCUT2D eigenvalue weighted by molar-refractivity contribution is 14.0. The van der Waals surface area contributed by atoms with Gasteiger partial charge >= 0.3 is 6.18 Å². The third kappa shape index (κ3) is 10.7. The first-order chi connectivity index (χ1) is 11.6. The van der Waals surface area contributed by atoms with Crippen LogP contribution in [0.4, 0.5) is 13.2 Å². The Hall–Kier alpha value is -1.27. The molecule has 0 rings (SSSR count). The van der Waals surface area contributed by atoms with Gasteiger partial charge in [0.25, 0.3) is 0 Å². The number of carbonyl (C=O) groups excluding carboxylic acids is 2. The van der Waals surface area contributed by atoms with Gasteiger partial charge < -0.3 is 20.0 Å². The van der Waals surface area contributed by atoms with E-state index >= 15 is 0 Å². The summed E-state index contributed by atoms with van der Waals surface area (Å²) in [6, 6.07) is 0. The number of amides is 2. The molecule has 1 N–H and O–H groups in total. The number of nitrogens with zero attached hydrogens (tertiary/aromatic N) is 4. The summed E-state index contributed by atoms with van der Waals surface area (Å²) in [5, 5.41) is 2.92. The molecule has 0 radical (unpaired) electrons. The van der Waals surface area contributed by atoms with Gasteiger partial charge in [-0.25, -0.2) is 4.99 Å². The quantitative estimate of drug-likeness (QED) is 0.314. The van der Waals surface area contributed by atoms with Gasteiger partial charge in [-0.3, -0.25) is 9.59 Å². The summed E-state index contributed by atoms with van der Waals surface area (Å²) in [6.45, 7) is 5.51. The lowest BCUT2D eigenvalue weighted by Crippen LogP contribution is -2.46. The van der Waals surface area contributed by atoms with Crippen LogP contribution in [-0.4, -0.2) is 92.0 Å². The summed E-state index contributed by atoms with van der Waals surface area (Å²) >= 11 is 0. The van der Waals surface area contributed by atoms with Crippen molar-refractivity contribution in [3.8, 4) is 0 Å². The Balaban J connectivity index is 0. The van der Waals surface area contributed by atoms with Gasteiger partial charge in [-0.15, -0.1) is 24.0 Å². The van der Waals surface area contributed by atoms with Crippen molar-refractivity contribution in [1.29, 1.82) is 0 Å². The molecule has 26 heavy (non-hydrogen) atoms. The second kappa shape index (κ2) is 13.0. The third-order valence-corrected chi connectivity index (χ3v) is 3.39. The van der Waals surface area contributed by atoms with Crippen LogP contribution in [-0.2, 0) is 9.59 Å². The Kier molecular flexibility index (Phi) is 13.5. The molecule has 0 aromatic rings. The van der Waals surface area contributed by atoms with Crippen molar-refractivity contribution in [3.63, 3.8) is 0 Å². The van der Waals surface area contributed by atoms with Gasteiger partial charge in [0.1, 0.15) is 13.1 Å². The summed E-state index contributed by atoms with van der Waals surface area (Å²) in [4.78, 5) is 31.7. The predicted molar refractivity (Wildman–Crippen MR) is 106 cm³/mol. The first-order valence-electron chi connectivity index (χ1n) is 8.13. The minimum atomic E-state index is -4.45. The SMILES string of the molecule is CCNC(=NCC(=O)N(C)CC(F)(F)F)N(C)CC(=O)N(CC)CC.I. The van der Waals surface area contributed by atoms with Crippen molar-refractivity contribution >= 4 is 41.8 Å². The number of rotatable bonds is 8. The van der Waals surface area contributed by atoms with E-state index in [1.165, 1.54) is 0 Å². The van der Waals surface area contributed by atoms with Crippen molar-refractivity contribution in [3.05, 3.63) is 0 Å². The minimum absolute atomic E-state index is 0. The van der Waals surface area contributed by atoms with Gasteiger partial charge in [0.2, 0.25) is 11.8 Å². The standard InChI is InChI=1S/C15H28F3N5O2.HI/c1-6-19-14(21(4)10-13(25)23(7-2)8-3)20-9-12(24)22(5)11-15(16,17)18;/h6-11H2,1-5H3,(H,19,20);1H. The number of hydrogen-bond donors (Lipinski definition) is 1. The molecule has 2 amide bonds. The Morgan fingerprint density at radius 1 is 1.00 bits per heavy atom. The number of aliphatic imine (C=N–C) groups is 1. The molecule has 0 aromatic heterocycles. The van der Waals surface area contributed by atoms with Crippen LogP contribution in [0.2, 0.25) is 0 Å². The molecule has 0 heterocycles.